The Hall–Kier alpha value is 0.270. The predicted octanol–water partition coefficient (Wildman–Crippen LogP) is 3.29. The third kappa shape index (κ3) is 6.93. The van der Waals surface area contributed by atoms with Gasteiger partial charge in [-0.3, -0.25) is 4.99 Å². The van der Waals surface area contributed by atoms with Gasteiger partial charge in [-0.2, -0.15) is 11.8 Å². The predicted molar refractivity (Wildman–Crippen MR) is 128 cm³/mol. The maximum absolute atomic E-state index is 5.57. The van der Waals surface area contributed by atoms with Gasteiger partial charge in [0.05, 0.1) is 6.54 Å². The number of likely N-dealkylation sites (tertiary alicyclic amines) is 2. The first-order valence-electron chi connectivity index (χ1n) is 10.6. The molecular weight excluding hydrogens is 471 g/mol. The van der Waals surface area contributed by atoms with Gasteiger partial charge in [-0.25, -0.2) is 0 Å². The molecule has 0 spiro atoms. The molecule has 1 unspecified atom stereocenters. The van der Waals surface area contributed by atoms with Crippen molar-refractivity contribution in [2.45, 2.75) is 50.2 Å². The average molecular weight is 511 g/mol. The third-order valence-corrected chi connectivity index (χ3v) is 7.64. The van der Waals surface area contributed by atoms with E-state index >= 15 is 0 Å². The molecule has 7 heteroatoms. The Balaban J connectivity index is 0.00000261. The number of halogens is 1. The molecule has 27 heavy (non-hydrogen) atoms. The van der Waals surface area contributed by atoms with Crippen LogP contribution in [0.15, 0.2) is 4.99 Å². The van der Waals surface area contributed by atoms with Crippen LogP contribution in [0.2, 0.25) is 0 Å². The zero-order valence-electron chi connectivity index (χ0n) is 17.3. The minimum absolute atomic E-state index is 0. The van der Waals surface area contributed by atoms with Crippen LogP contribution in [0.25, 0.3) is 0 Å². The molecule has 3 rings (SSSR count). The van der Waals surface area contributed by atoms with Gasteiger partial charge in [0.15, 0.2) is 5.96 Å². The molecule has 3 aliphatic heterocycles. The molecule has 0 aromatic rings. The first-order chi connectivity index (χ1) is 12.7. The molecule has 1 atom stereocenters. The normalized spacial score (nSPS) is 26.7. The Morgan fingerprint density at radius 3 is 2.59 bits per heavy atom. The average Bonchev–Trinajstić information content (AvgIpc) is 3.15. The Morgan fingerprint density at radius 2 is 1.93 bits per heavy atom. The van der Waals surface area contributed by atoms with Crippen molar-refractivity contribution in [3.05, 3.63) is 0 Å². The highest BCUT2D eigenvalue weighted by Crippen LogP contribution is 2.34. The highest BCUT2D eigenvalue weighted by atomic mass is 127. The molecular formula is C20H39IN4OS. The zero-order chi connectivity index (χ0) is 18.2. The molecule has 3 aliphatic rings. The highest BCUT2D eigenvalue weighted by molar-refractivity contribution is 14.0. The molecule has 0 bridgehead atoms. The lowest BCUT2D eigenvalue weighted by molar-refractivity contribution is 0.0793. The monoisotopic (exact) mass is 510 g/mol. The summed E-state index contributed by atoms with van der Waals surface area (Å²) in [5, 5.41) is 3.55. The first kappa shape index (κ1) is 23.5. The van der Waals surface area contributed by atoms with Crippen molar-refractivity contribution in [1.29, 1.82) is 0 Å². The molecule has 3 fully saturated rings. The summed E-state index contributed by atoms with van der Waals surface area (Å²) in [6, 6.07) is 0. The van der Waals surface area contributed by atoms with Crippen LogP contribution in [0.1, 0.15) is 45.4 Å². The van der Waals surface area contributed by atoms with Gasteiger partial charge in [0.1, 0.15) is 0 Å². The van der Waals surface area contributed by atoms with Gasteiger partial charge in [0, 0.05) is 44.1 Å². The number of rotatable bonds is 6. The summed E-state index contributed by atoms with van der Waals surface area (Å²) in [7, 11) is 0. The second-order valence-corrected chi connectivity index (χ2v) is 9.41. The number of nitrogens with zero attached hydrogens (tertiary/aromatic N) is 3. The zero-order valence-corrected chi connectivity index (χ0v) is 20.4. The SMILES string of the molecule is CCNC(=NCC1(SC)CCOCC1)N1CCC(CN2CCCCC2)C1.I. The highest BCUT2D eigenvalue weighted by Gasteiger charge is 2.33. The minimum Gasteiger partial charge on any atom is -0.381 e. The van der Waals surface area contributed by atoms with Crippen LogP contribution in [-0.4, -0.2) is 85.8 Å². The van der Waals surface area contributed by atoms with Gasteiger partial charge in [0.2, 0.25) is 0 Å². The van der Waals surface area contributed by atoms with Crippen LogP contribution in [0.5, 0.6) is 0 Å². The molecule has 0 radical (unpaired) electrons. The number of hydrogen-bond donors (Lipinski definition) is 1. The van der Waals surface area contributed by atoms with Crippen LogP contribution in [0.4, 0.5) is 0 Å². The lowest BCUT2D eigenvalue weighted by Gasteiger charge is -2.35. The number of guanidine groups is 1. The first-order valence-corrected chi connectivity index (χ1v) is 11.9. The van der Waals surface area contributed by atoms with Crippen molar-refractivity contribution in [2.75, 3.05) is 65.3 Å². The van der Waals surface area contributed by atoms with Crippen LogP contribution in [0.3, 0.4) is 0 Å². The summed E-state index contributed by atoms with van der Waals surface area (Å²) < 4.78 is 5.84. The summed E-state index contributed by atoms with van der Waals surface area (Å²) in [5.74, 6) is 1.93. The number of ether oxygens (including phenoxy) is 1. The molecule has 1 N–H and O–H groups in total. The molecule has 0 aromatic heterocycles. The molecule has 0 amide bonds. The van der Waals surface area contributed by atoms with Crippen molar-refractivity contribution in [1.82, 2.24) is 15.1 Å². The van der Waals surface area contributed by atoms with Crippen LogP contribution in [0, 0.1) is 5.92 Å². The third-order valence-electron chi connectivity index (χ3n) is 6.24. The Morgan fingerprint density at radius 1 is 1.19 bits per heavy atom. The molecule has 0 aliphatic carbocycles. The van der Waals surface area contributed by atoms with E-state index in [0.29, 0.717) is 0 Å². The Kier molecular flexibility index (Phi) is 10.5. The molecule has 3 saturated heterocycles. The van der Waals surface area contributed by atoms with E-state index in [1.54, 1.807) is 0 Å². The Labute approximate surface area is 187 Å². The molecule has 3 heterocycles. The minimum atomic E-state index is 0. The van der Waals surface area contributed by atoms with E-state index in [2.05, 4.69) is 28.3 Å². The smallest absolute Gasteiger partial charge is 0.193 e. The lowest BCUT2D eigenvalue weighted by Crippen LogP contribution is -2.43. The lowest BCUT2D eigenvalue weighted by atomic mass is 9.99. The number of piperidine rings is 1. The van der Waals surface area contributed by atoms with Crippen molar-refractivity contribution in [3.8, 4) is 0 Å². The Bertz CT molecular complexity index is 453. The van der Waals surface area contributed by atoms with E-state index in [9.17, 15) is 0 Å². The topological polar surface area (TPSA) is 40.1 Å². The number of thioether (sulfide) groups is 1. The summed E-state index contributed by atoms with van der Waals surface area (Å²) >= 11 is 1.98. The van der Waals surface area contributed by atoms with Gasteiger partial charge in [-0.15, -0.1) is 24.0 Å². The van der Waals surface area contributed by atoms with Gasteiger partial charge in [-0.05, 0) is 64.3 Å². The van der Waals surface area contributed by atoms with E-state index in [4.69, 9.17) is 9.73 Å². The summed E-state index contributed by atoms with van der Waals surface area (Å²) in [6.45, 7) is 12.0. The van der Waals surface area contributed by atoms with E-state index in [-0.39, 0.29) is 28.7 Å². The van der Waals surface area contributed by atoms with E-state index < -0.39 is 0 Å². The fraction of sp³-hybridized carbons (Fsp3) is 0.950. The van der Waals surface area contributed by atoms with Crippen LogP contribution < -0.4 is 5.32 Å². The van der Waals surface area contributed by atoms with Crippen molar-refractivity contribution < 1.29 is 4.74 Å². The van der Waals surface area contributed by atoms with Gasteiger partial charge in [-0.1, -0.05) is 6.42 Å². The van der Waals surface area contributed by atoms with E-state index in [1.165, 1.54) is 45.3 Å². The second-order valence-electron chi connectivity index (χ2n) is 8.13. The number of nitrogens with one attached hydrogen (secondary N) is 1. The van der Waals surface area contributed by atoms with Crippen molar-refractivity contribution in [2.24, 2.45) is 10.9 Å². The summed E-state index contributed by atoms with van der Waals surface area (Å²) in [5.41, 5.74) is 0. The second kappa shape index (κ2) is 12.1. The summed E-state index contributed by atoms with van der Waals surface area (Å²) in [4.78, 5) is 10.3. The summed E-state index contributed by atoms with van der Waals surface area (Å²) in [6.07, 6.45) is 9.98. The largest absolute Gasteiger partial charge is 0.381 e. The van der Waals surface area contributed by atoms with E-state index in [0.717, 1.165) is 64.1 Å². The maximum Gasteiger partial charge on any atom is 0.193 e. The van der Waals surface area contributed by atoms with E-state index in [1.807, 2.05) is 11.8 Å². The maximum atomic E-state index is 5.57. The molecule has 5 nitrogen and oxygen atoms in total. The van der Waals surface area contributed by atoms with Gasteiger partial charge in [0.25, 0.3) is 0 Å². The molecule has 0 saturated carbocycles. The molecule has 158 valence electrons. The number of aliphatic imine (C=N–C) groups is 1. The fourth-order valence-corrected chi connectivity index (χ4v) is 5.26. The van der Waals surface area contributed by atoms with Crippen LogP contribution in [-0.2, 0) is 4.74 Å². The van der Waals surface area contributed by atoms with Gasteiger partial charge < -0.3 is 19.9 Å². The molecule has 0 aromatic carbocycles. The van der Waals surface area contributed by atoms with Crippen LogP contribution >= 0.6 is 35.7 Å². The fourth-order valence-electron chi connectivity index (χ4n) is 4.50. The standard InChI is InChI=1S/C20H38N4OS.HI/c1-3-21-19(22-17-20(26-2)8-13-25-14-9-20)24-12-7-18(16-24)15-23-10-5-4-6-11-23;/h18H,3-17H2,1-2H3,(H,21,22);1H. The van der Waals surface area contributed by atoms with Crippen molar-refractivity contribution in [3.63, 3.8) is 0 Å². The quantitative estimate of drug-likeness (QED) is 0.338. The van der Waals surface area contributed by atoms with Crippen molar-refractivity contribution >= 4 is 41.7 Å². The van der Waals surface area contributed by atoms with Gasteiger partial charge >= 0.3 is 0 Å². The number of hydrogen-bond acceptors (Lipinski definition) is 4.